The summed E-state index contributed by atoms with van der Waals surface area (Å²) in [7, 11) is 0. The molecule has 6 heteroatoms. The van der Waals surface area contributed by atoms with Crippen LogP contribution in [0, 0.1) is 0 Å². The summed E-state index contributed by atoms with van der Waals surface area (Å²) in [5.74, 6) is 0. The largest absolute Gasteiger partial charge is 0.462 e. The van der Waals surface area contributed by atoms with Crippen molar-refractivity contribution in [3.05, 3.63) is 30.0 Å². The van der Waals surface area contributed by atoms with E-state index in [0.717, 1.165) is 19.2 Å². The quantitative estimate of drug-likeness (QED) is 0.871. The number of hydrogen-bond acceptors (Lipinski definition) is 3. The molecule has 3 rings (SSSR count). The molecule has 1 aliphatic rings. The Kier molecular flexibility index (Phi) is 3.12. The fraction of sp³-hybridized carbons (Fsp3) is 0.429. The monoisotopic (exact) mass is 284 g/mol. The first-order valence-corrected chi connectivity index (χ1v) is 6.52. The third-order valence-corrected chi connectivity index (χ3v) is 3.67. The number of halogens is 3. The van der Waals surface area contributed by atoms with Crippen molar-refractivity contribution >= 4 is 16.7 Å². The molecule has 0 radical (unpaired) electrons. The Morgan fingerprint density at radius 1 is 1.35 bits per heavy atom. The molecule has 1 aliphatic heterocycles. The van der Waals surface area contributed by atoms with E-state index in [4.69, 9.17) is 4.42 Å². The van der Waals surface area contributed by atoms with Crippen molar-refractivity contribution in [2.45, 2.75) is 19.1 Å². The number of rotatable bonds is 1. The van der Waals surface area contributed by atoms with E-state index in [1.54, 1.807) is 6.07 Å². The number of anilines is 1. The molecule has 0 saturated carbocycles. The fourth-order valence-corrected chi connectivity index (χ4v) is 2.64. The average molecular weight is 284 g/mol. The molecule has 0 bridgehead atoms. The molecule has 1 fully saturated rings. The van der Waals surface area contributed by atoms with E-state index in [-0.39, 0.29) is 6.04 Å². The molecule has 3 nitrogen and oxygen atoms in total. The van der Waals surface area contributed by atoms with E-state index in [0.29, 0.717) is 23.2 Å². The van der Waals surface area contributed by atoms with Crippen LogP contribution in [0.25, 0.3) is 11.0 Å². The maximum absolute atomic E-state index is 13.0. The first-order valence-electron chi connectivity index (χ1n) is 6.52. The Hall–Kier alpha value is -1.69. The Morgan fingerprint density at radius 3 is 2.85 bits per heavy atom. The number of fused-ring (bicyclic) bond motifs is 1. The highest BCUT2D eigenvalue weighted by atomic mass is 19.4. The van der Waals surface area contributed by atoms with Crippen LogP contribution in [0.3, 0.4) is 0 Å². The van der Waals surface area contributed by atoms with Crippen LogP contribution in [0.15, 0.2) is 28.9 Å². The molecule has 1 N–H and O–H groups in total. The lowest BCUT2D eigenvalue weighted by atomic mass is 10.1. The molecule has 2 aromatic rings. The molecule has 1 atom stereocenters. The molecular weight excluding hydrogens is 269 g/mol. The summed E-state index contributed by atoms with van der Waals surface area (Å²) in [6, 6.07) is 4.02. The van der Waals surface area contributed by atoms with Crippen LogP contribution in [0.1, 0.15) is 12.5 Å². The smallest absolute Gasteiger partial charge is 0.416 e. The van der Waals surface area contributed by atoms with Gasteiger partial charge >= 0.3 is 6.18 Å². The molecule has 2 heterocycles. The van der Waals surface area contributed by atoms with Gasteiger partial charge in [-0.1, -0.05) is 0 Å². The van der Waals surface area contributed by atoms with Gasteiger partial charge in [-0.2, -0.15) is 13.2 Å². The van der Waals surface area contributed by atoms with E-state index in [1.165, 1.54) is 12.3 Å². The van der Waals surface area contributed by atoms with Crippen LogP contribution in [0.5, 0.6) is 0 Å². The predicted octanol–water partition coefficient (Wildman–Crippen LogP) is 3.25. The second-order valence-electron chi connectivity index (χ2n) is 5.08. The zero-order valence-electron chi connectivity index (χ0n) is 11.0. The minimum atomic E-state index is -4.35. The van der Waals surface area contributed by atoms with Gasteiger partial charge in [-0.25, -0.2) is 0 Å². The molecule has 1 aromatic carbocycles. The Balaban J connectivity index is 2.14. The van der Waals surface area contributed by atoms with Crippen LogP contribution >= 0.6 is 0 Å². The molecule has 108 valence electrons. The van der Waals surface area contributed by atoms with Gasteiger partial charge in [-0.05, 0) is 25.1 Å². The van der Waals surface area contributed by atoms with Crippen LogP contribution < -0.4 is 10.2 Å². The zero-order valence-corrected chi connectivity index (χ0v) is 11.0. The van der Waals surface area contributed by atoms with E-state index < -0.39 is 11.7 Å². The first-order chi connectivity index (χ1) is 9.47. The molecule has 0 amide bonds. The Bertz CT molecular complexity index is 620. The van der Waals surface area contributed by atoms with Gasteiger partial charge in [-0.15, -0.1) is 0 Å². The molecule has 1 saturated heterocycles. The van der Waals surface area contributed by atoms with Crippen molar-refractivity contribution in [2.24, 2.45) is 0 Å². The van der Waals surface area contributed by atoms with E-state index >= 15 is 0 Å². The maximum Gasteiger partial charge on any atom is 0.416 e. The van der Waals surface area contributed by atoms with E-state index in [1.807, 2.05) is 11.8 Å². The Labute approximate surface area is 114 Å². The van der Waals surface area contributed by atoms with Gasteiger partial charge in [0.1, 0.15) is 0 Å². The zero-order chi connectivity index (χ0) is 14.3. The van der Waals surface area contributed by atoms with Gasteiger partial charge in [0.15, 0.2) is 5.58 Å². The topological polar surface area (TPSA) is 28.4 Å². The number of nitrogens with zero attached hydrogens (tertiary/aromatic N) is 1. The lowest BCUT2D eigenvalue weighted by Gasteiger charge is -2.36. The third-order valence-electron chi connectivity index (χ3n) is 3.67. The summed E-state index contributed by atoms with van der Waals surface area (Å²) in [5, 5.41) is 3.71. The molecule has 20 heavy (non-hydrogen) atoms. The summed E-state index contributed by atoms with van der Waals surface area (Å²) in [4.78, 5) is 1.97. The second-order valence-corrected chi connectivity index (χ2v) is 5.08. The SMILES string of the molecule is C[C@@H]1CNCCN1c1cc(C(F)(F)F)cc2ccoc12. The molecule has 0 aliphatic carbocycles. The van der Waals surface area contributed by atoms with Crippen LogP contribution in [-0.2, 0) is 6.18 Å². The van der Waals surface area contributed by atoms with Gasteiger partial charge < -0.3 is 14.6 Å². The van der Waals surface area contributed by atoms with Crippen molar-refractivity contribution in [3.63, 3.8) is 0 Å². The normalized spacial score (nSPS) is 20.6. The molecule has 0 unspecified atom stereocenters. The van der Waals surface area contributed by atoms with Crippen molar-refractivity contribution in [1.29, 1.82) is 0 Å². The summed E-state index contributed by atoms with van der Waals surface area (Å²) >= 11 is 0. The Morgan fingerprint density at radius 2 is 2.15 bits per heavy atom. The molecule has 1 aromatic heterocycles. The van der Waals surface area contributed by atoms with Crippen molar-refractivity contribution in [1.82, 2.24) is 5.32 Å². The number of nitrogens with one attached hydrogen (secondary N) is 1. The summed E-state index contributed by atoms with van der Waals surface area (Å²) < 4.78 is 44.4. The number of hydrogen-bond donors (Lipinski definition) is 1. The molecule has 0 spiro atoms. The standard InChI is InChI=1S/C14H15F3N2O/c1-9-8-18-3-4-19(9)12-7-11(14(15,16)17)6-10-2-5-20-13(10)12/h2,5-7,9,18H,3-4,8H2,1H3/t9-/m1/s1. The second kappa shape index (κ2) is 4.70. The number of piperazine rings is 1. The summed E-state index contributed by atoms with van der Waals surface area (Å²) in [5.41, 5.74) is 0.410. The highest BCUT2D eigenvalue weighted by Gasteiger charge is 2.33. The van der Waals surface area contributed by atoms with Gasteiger partial charge in [0.25, 0.3) is 0 Å². The predicted molar refractivity (Wildman–Crippen MR) is 70.9 cm³/mol. The average Bonchev–Trinajstić information content (AvgIpc) is 2.85. The lowest BCUT2D eigenvalue weighted by molar-refractivity contribution is -0.137. The van der Waals surface area contributed by atoms with E-state index in [2.05, 4.69) is 5.32 Å². The van der Waals surface area contributed by atoms with Crippen LogP contribution in [0.4, 0.5) is 18.9 Å². The minimum absolute atomic E-state index is 0.125. The maximum atomic E-state index is 13.0. The van der Waals surface area contributed by atoms with Gasteiger partial charge in [-0.3, -0.25) is 0 Å². The van der Waals surface area contributed by atoms with Crippen molar-refractivity contribution in [2.75, 3.05) is 24.5 Å². The van der Waals surface area contributed by atoms with Crippen molar-refractivity contribution in [3.8, 4) is 0 Å². The van der Waals surface area contributed by atoms with E-state index in [9.17, 15) is 13.2 Å². The highest BCUT2D eigenvalue weighted by Crippen LogP contribution is 2.37. The number of alkyl halides is 3. The highest BCUT2D eigenvalue weighted by molar-refractivity contribution is 5.90. The van der Waals surface area contributed by atoms with Crippen LogP contribution in [0.2, 0.25) is 0 Å². The number of benzene rings is 1. The minimum Gasteiger partial charge on any atom is -0.462 e. The van der Waals surface area contributed by atoms with Gasteiger partial charge in [0.2, 0.25) is 0 Å². The van der Waals surface area contributed by atoms with Gasteiger partial charge in [0.05, 0.1) is 17.5 Å². The van der Waals surface area contributed by atoms with Crippen LogP contribution in [-0.4, -0.2) is 25.7 Å². The first kappa shape index (κ1) is 13.3. The fourth-order valence-electron chi connectivity index (χ4n) is 2.64. The third kappa shape index (κ3) is 2.24. The van der Waals surface area contributed by atoms with Crippen molar-refractivity contribution < 1.29 is 17.6 Å². The summed E-state index contributed by atoms with van der Waals surface area (Å²) in [6.45, 7) is 4.15. The van der Waals surface area contributed by atoms with Gasteiger partial charge in [0, 0.05) is 31.1 Å². The molecular formula is C14H15F3N2O. The summed E-state index contributed by atoms with van der Waals surface area (Å²) in [6.07, 6.45) is -2.92. The number of furan rings is 1. The lowest BCUT2D eigenvalue weighted by Crippen LogP contribution is -2.50.